The smallest absolute Gasteiger partial charge is 0.419 e. The van der Waals surface area contributed by atoms with E-state index in [1.165, 1.54) is 32.4 Å². The normalized spacial score (nSPS) is 11.0. The average molecular weight is 569 g/mol. The largest absolute Gasteiger partial charge is 0.464 e. The zero-order chi connectivity index (χ0) is 30.8. The molecular weight excluding hydrogens is 540 g/mol. The Hall–Kier alpha value is -5.27. The predicted molar refractivity (Wildman–Crippen MR) is 147 cm³/mol. The van der Waals surface area contributed by atoms with Crippen LogP contribution in [0.1, 0.15) is 52.9 Å². The molecule has 1 N–H and O–H groups in total. The Bertz CT molecular complexity index is 1710. The van der Waals surface area contributed by atoms with Crippen molar-refractivity contribution >= 4 is 51.2 Å². The van der Waals surface area contributed by atoms with Gasteiger partial charge in [0.25, 0.3) is 11.4 Å². The Morgan fingerprint density at radius 1 is 0.805 bits per heavy atom. The van der Waals surface area contributed by atoms with Crippen LogP contribution >= 0.6 is 0 Å². The fourth-order valence-corrected chi connectivity index (χ4v) is 4.10. The van der Waals surface area contributed by atoms with Gasteiger partial charge in [-0.05, 0) is 70.0 Å². The summed E-state index contributed by atoms with van der Waals surface area (Å²) < 4.78 is 15.4. The van der Waals surface area contributed by atoms with Crippen LogP contribution in [0.4, 0.5) is 16.2 Å². The number of fused-ring (bicyclic) bond motifs is 2. The molecule has 0 atom stereocenters. The highest BCUT2D eigenvalue weighted by Crippen LogP contribution is 2.32. The van der Waals surface area contributed by atoms with Crippen LogP contribution in [0.15, 0.2) is 36.4 Å². The number of hydrogen-bond acceptors (Lipinski definition) is 10. The van der Waals surface area contributed by atoms with E-state index in [0.29, 0.717) is 21.9 Å². The molecule has 0 aliphatic heterocycles. The molecule has 0 fully saturated rings. The highest BCUT2D eigenvalue weighted by molar-refractivity contribution is 6.04. The maximum absolute atomic E-state index is 12.5. The minimum Gasteiger partial charge on any atom is -0.464 e. The lowest BCUT2D eigenvalue weighted by molar-refractivity contribution is -0.383. The van der Waals surface area contributed by atoms with Crippen molar-refractivity contribution in [2.75, 3.05) is 14.2 Å². The van der Waals surface area contributed by atoms with E-state index in [0.717, 1.165) is 10.1 Å². The van der Waals surface area contributed by atoms with Crippen LogP contribution < -0.4 is 0 Å². The molecule has 4 rings (SSSR count). The maximum Gasteiger partial charge on any atom is 0.419 e. The average Bonchev–Trinajstić information content (AvgIpc) is 3.47. The van der Waals surface area contributed by atoms with Gasteiger partial charge in [-0.2, -0.15) is 0 Å². The van der Waals surface area contributed by atoms with Gasteiger partial charge in [-0.15, -0.1) is 0 Å². The van der Waals surface area contributed by atoms with E-state index in [9.17, 15) is 34.6 Å². The number of nitrogens with zero attached hydrogens (tertiary/aromatic N) is 3. The van der Waals surface area contributed by atoms with Crippen LogP contribution in [0.2, 0.25) is 0 Å². The van der Waals surface area contributed by atoms with E-state index in [1.54, 1.807) is 52.8 Å². The van der Waals surface area contributed by atoms with Crippen LogP contribution in [0.25, 0.3) is 21.8 Å². The summed E-state index contributed by atoms with van der Waals surface area (Å²) in [6.07, 6.45) is -0.884. The SMILES string of the molecule is COC(=O)c1cc2cc(C)cc([N+](=O)[O-])c2[nH]1.COC(=O)c1cc2cc(C)cc([N+](=O)[O-])c2n1C(=O)OC(C)(C)C. The minimum absolute atomic E-state index is 0.000231. The number of non-ortho nitro benzene ring substituents is 2. The van der Waals surface area contributed by atoms with Crippen molar-refractivity contribution < 1.29 is 38.4 Å². The van der Waals surface area contributed by atoms with E-state index in [4.69, 9.17) is 4.74 Å². The number of ether oxygens (including phenoxy) is 3. The lowest BCUT2D eigenvalue weighted by Gasteiger charge is -2.20. The third-order valence-electron chi connectivity index (χ3n) is 5.64. The van der Waals surface area contributed by atoms with E-state index in [-0.39, 0.29) is 28.3 Å². The highest BCUT2D eigenvalue weighted by atomic mass is 16.6. The van der Waals surface area contributed by atoms with E-state index in [2.05, 4.69) is 14.5 Å². The van der Waals surface area contributed by atoms with Crippen molar-refractivity contribution in [1.82, 2.24) is 9.55 Å². The number of carbonyl (C=O) groups is 3. The topological polar surface area (TPSA) is 186 Å². The van der Waals surface area contributed by atoms with Gasteiger partial charge in [0, 0.05) is 22.9 Å². The first-order valence-electron chi connectivity index (χ1n) is 12.1. The second kappa shape index (κ2) is 11.5. The molecular formula is C27H28N4O10. The quantitative estimate of drug-likeness (QED) is 0.140. The highest BCUT2D eigenvalue weighted by Gasteiger charge is 2.30. The van der Waals surface area contributed by atoms with Crippen molar-refractivity contribution in [1.29, 1.82) is 0 Å². The lowest BCUT2D eigenvalue weighted by Crippen LogP contribution is -2.29. The molecule has 0 radical (unpaired) electrons. The van der Waals surface area contributed by atoms with Gasteiger partial charge in [0.2, 0.25) is 0 Å². The molecule has 41 heavy (non-hydrogen) atoms. The van der Waals surface area contributed by atoms with Crippen LogP contribution in [-0.2, 0) is 14.2 Å². The number of rotatable bonds is 4. The Balaban J connectivity index is 0.000000239. The summed E-state index contributed by atoms with van der Waals surface area (Å²) in [5.74, 6) is -1.34. The number of nitrogens with one attached hydrogen (secondary N) is 1. The lowest BCUT2D eigenvalue weighted by atomic mass is 10.1. The molecule has 14 nitrogen and oxygen atoms in total. The summed E-state index contributed by atoms with van der Waals surface area (Å²) in [6, 6.07) is 9.14. The number of aryl methyl sites for hydroxylation is 2. The monoisotopic (exact) mass is 568 g/mol. The number of hydrogen-bond donors (Lipinski definition) is 1. The number of nitro groups is 2. The number of aromatic nitrogens is 2. The molecule has 14 heteroatoms. The van der Waals surface area contributed by atoms with Gasteiger partial charge in [-0.25, -0.2) is 19.0 Å². The predicted octanol–water partition coefficient (Wildman–Crippen LogP) is 5.60. The zero-order valence-corrected chi connectivity index (χ0v) is 23.4. The summed E-state index contributed by atoms with van der Waals surface area (Å²) in [5.41, 5.74) is 0.640. The third-order valence-corrected chi connectivity index (χ3v) is 5.64. The van der Waals surface area contributed by atoms with E-state index < -0.39 is 33.5 Å². The fourth-order valence-electron chi connectivity index (χ4n) is 4.10. The Morgan fingerprint density at radius 3 is 1.85 bits per heavy atom. The maximum atomic E-state index is 12.5. The van der Waals surface area contributed by atoms with Crippen LogP contribution in [0.5, 0.6) is 0 Å². The standard InChI is InChI=1S/C16H18N2O6.C11H10N2O4/c1-9-6-10-8-12(14(19)23-5)17(15(20)24-16(2,3)4)13(10)11(7-9)18(21)22;1-6-3-7-5-8(11(14)17-2)12-10(7)9(4-6)13(15)16/h6-8H,1-5H3;3-5,12H,1-2H3. The van der Waals surface area contributed by atoms with E-state index >= 15 is 0 Å². The Morgan fingerprint density at radius 2 is 1.34 bits per heavy atom. The van der Waals surface area contributed by atoms with Crippen molar-refractivity contribution in [2.24, 2.45) is 0 Å². The van der Waals surface area contributed by atoms with E-state index in [1.807, 2.05) is 0 Å². The van der Waals surface area contributed by atoms with Gasteiger partial charge in [0.15, 0.2) is 0 Å². The fraction of sp³-hybridized carbons (Fsp3) is 0.296. The molecule has 2 aromatic carbocycles. The van der Waals surface area contributed by atoms with Crippen LogP contribution in [-0.4, -0.2) is 57.3 Å². The summed E-state index contributed by atoms with van der Waals surface area (Å²) in [7, 11) is 2.42. The Labute approximate surface area is 233 Å². The molecule has 2 heterocycles. The van der Waals surface area contributed by atoms with Gasteiger partial charge in [-0.1, -0.05) is 0 Å². The molecule has 0 spiro atoms. The number of esters is 2. The van der Waals surface area contributed by atoms with Crippen molar-refractivity contribution in [3.05, 3.63) is 79.1 Å². The second-order valence-corrected chi connectivity index (χ2v) is 10.00. The second-order valence-electron chi connectivity index (χ2n) is 10.00. The van der Waals surface area contributed by atoms with Gasteiger partial charge in [0.1, 0.15) is 28.0 Å². The molecule has 0 aliphatic carbocycles. The van der Waals surface area contributed by atoms with Crippen molar-refractivity contribution in [3.8, 4) is 0 Å². The summed E-state index contributed by atoms with van der Waals surface area (Å²) in [5, 5.41) is 23.3. The molecule has 4 aromatic rings. The first-order valence-corrected chi connectivity index (χ1v) is 12.1. The molecule has 0 bridgehead atoms. The molecule has 0 saturated carbocycles. The summed E-state index contributed by atoms with van der Waals surface area (Å²) >= 11 is 0. The Kier molecular flexibility index (Phi) is 8.46. The number of methoxy groups -OCH3 is 2. The number of nitro benzene ring substituents is 2. The first kappa shape index (κ1) is 30.3. The number of aromatic amines is 1. The van der Waals surface area contributed by atoms with Crippen molar-refractivity contribution in [2.45, 2.75) is 40.2 Å². The number of benzene rings is 2. The molecule has 0 aliphatic rings. The zero-order valence-electron chi connectivity index (χ0n) is 23.4. The molecule has 216 valence electrons. The van der Waals surface area contributed by atoms with Gasteiger partial charge < -0.3 is 19.2 Å². The first-order chi connectivity index (χ1) is 19.1. The van der Waals surface area contributed by atoms with Crippen LogP contribution in [0.3, 0.4) is 0 Å². The van der Waals surface area contributed by atoms with Gasteiger partial charge >= 0.3 is 18.0 Å². The molecule has 2 aromatic heterocycles. The summed E-state index contributed by atoms with van der Waals surface area (Å²) in [6.45, 7) is 8.43. The molecule has 0 unspecified atom stereocenters. The summed E-state index contributed by atoms with van der Waals surface area (Å²) in [4.78, 5) is 59.8. The third kappa shape index (κ3) is 6.49. The number of H-pyrrole nitrogens is 1. The van der Waals surface area contributed by atoms with Crippen LogP contribution in [0, 0.1) is 34.1 Å². The molecule has 0 saturated heterocycles. The van der Waals surface area contributed by atoms with Gasteiger partial charge in [-0.3, -0.25) is 20.2 Å². The van der Waals surface area contributed by atoms with Crippen molar-refractivity contribution in [3.63, 3.8) is 0 Å². The molecule has 0 amide bonds. The van der Waals surface area contributed by atoms with Gasteiger partial charge in [0.05, 0.1) is 24.1 Å². The number of carbonyl (C=O) groups excluding carboxylic acids is 3. The minimum atomic E-state index is -0.884.